The molecule has 30 heavy (non-hydrogen) atoms. The van der Waals surface area contributed by atoms with Crippen LogP contribution in [0.15, 0.2) is 36.5 Å². The number of pyridine rings is 1. The molecule has 2 amide bonds. The Balaban J connectivity index is 1.62. The second kappa shape index (κ2) is 8.28. The van der Waals surface area contributed by atoms with Crippen molar-refractivity contribution in [3.05, 3.63) is 58.5 Å². The van der Waals surface area contributed by atoms with Crippen LogP contribution in [0, 0.1) is 11.7 Å². The number of amides is 2. The van der Waals surface area contributed by atoms with Crippen LogP contribution in [0.5, 0.6) is 0 Å². The summed E-state index contributed by atoms with van der Waals surface area (Å²) in [5, 5.41) is 0.101. The molecule has 0 bridgehead atoms. The molecule has 3 heterocycles. The summed E-state index contributed by atoms with van der Waals surface area (Å²) in [5.74, 6) is -1.92. The number of anilines is 1. The van der Waals surface area contributed by atoms with E-state index in [2.05, 4.69) is 4.98 Å². The smallest absolute Gasteiger partial charge is 0.251 e. The molecule has 0 spiro atoms. The zero-order valence-electron chi connectivity index (χ0n) is 16.2. The van der Waals surface area contributed by atoms with Crippen LogP contribution in [-0.2, 0) is 20.9 Å². The average molecular weight is 436 g/mol. The monoisotopic (exact) mass is 435 g/mol. The van der Waals surface area contributed by atoms with E-state index in [0.717, 1.165) is 16.5 Å². The van der Waals surface area contributed by atoms with Gasteiger partial charge in [0.2, 0.25) is 5.91 Å². The van der Waals surface area contributed by atoms with Crippen molar-refractivity contribution in [1.29, 1.82) is 0 Å². The number of rotatable bonds is 5. The summed E-state index contributed by atoms with van der Waals surface area (Å²) in [4.78, 5) is 32.7. The number of carbonyl (C=O) groups is 2. The summed E-state index contributed by atoms with van der Waals surface area (Å²) in [6, 6.07) is 7.07. The molecule has 1 aromatic carbocycles. The van der Waals surface area contributed by atoms with Crippen LogP contribution < -0.4 is 4.90 Å². The Morgan fingerprint density at radius 1 is 1.27 bits per heavy atom. The molecule has 0 N–H and O–H groups in total. The van der Waals surface area contributed by atoms with Gasteiger partial charge >= 0.3 is 0 Å². The van der Waals surface area contributed by atoms with Crippen LogP contribution in [0.3, 0.4) is 0 Å². The number of ether oxygens (including phenoxy) is 1. The van der Waals surface area contributed by atoms with Crippen LogP contribution in [0.4, 0.5) is 14.6 Å². The number of benzene rings is 1. The topological polar surface area (TPSA) is 62.7 Å². The highest BCUT2D eigenvalue weighted by Gasteiger charge is 2.47. The van der Waals surface area contributed by atoms with Crippen LogP contribution >= 0.6 is 11.6 Å². The number of hydrogen-bond donors (Lipinski definition) is 0. The van der Waals surface area contributed by atoms with E-state index in [-0.39, 0.29) is 35.8 Å². The Hall–Kier alpha value is -2.58. The van der Waals surface area contributed by atoms with Crippen molar-refractivity contribution in [3.8, 4) is 0 Å². The Labute approximate surface area is 177 Å². The van der Waals surface area contributed by atoms with Gasteiger partial charge in [-0.15, -0.1) is 0 Å². The van der Waals surface area contributed by atoms with E-state index in [1.165, 1.54) is 18.0 Å². The molecule has 2 atom stereocenters. The summed E-state index contributed by atoms with van der Waals surface area (Å²) >= 11 is 5.75. The van der Waals surface area contributed by atoms with Crippen molar-refractivity contribution in [1.82, 2.24) is 9.88 Å². The van der Waals surface area contributed by atoms with Crippen molar-refractivity contribution >= 4 is 29.2 Å². The van der Waals surface area contributed by atoms with Gasteiger partial charge in [0.25, 0.3) is 5.91 Å². The first-order chi connectivity index (χ1) is 14.3. The molecule has 0 radical (unpaired) electrons. The summed E-state index contributed by atoms with van der Waals surface area (Å²) in [6.07, 6.45) is 0.145. The zero-order valence-corrected chi connectivity index (χ0v) is 17.0. The van der Waals surface area contributed by atoms with Gasteiger partial charge in [-0.2, -0.15) is 0 Å². The lowest BCUT2D eigenvalue weighted by Crippen LogP contribution is -2.65. The maximum absolute atomic E-state index is 14.4. The maximum Gasteiger partial charge on any atom is 0.251 e. The van der Waals surface area contributed by atoms with Crippen molar-refractivity contribution in [2.24, 2.45) is 5.92 Å². The molecule has 6 nitrogen and oxygen atoms in total. The molecule has 158 valence electrons. The molecule has 1 unspecified atom stereocenters. The highest BCUT2D eigenvalue weighted by atomic mass is 35.5. The summed E-state index contributed by atoms with van der Waals surface area (Å²) in [7, 11) is 0. The van der Waals surface area contributed by atoms with Crippen LogP contribution in [0.1, 0.15) is 24.2 Å². The Bertz CT molecular complexity index is 966. The third-order valence-electron chi connectivity index (χ3n) is 5.41. The van der Waals surface area contributed by atoms with Crippen LogP contribution in [-0.4, -0.2) is 47.5 Å². The van der Waals surface area contributed by atoms with Crippen LogP contribution in [0.2, 0.25) is 5.02 Å². The van der Waals surface area contributed by atoms with Gasteiger partial charge in [0.15, 0.2) is 11.6 Å². The molecule has 0 saturated carbocycles. The first kappa shape index (κ1) is 20.7. The predicted molar refractivity (Wildman–Crippen MR) is 106 cm³/mol. The lowest BCUT2D eigenvalue weighted by atomic mass is 9.92. The minimum absolute atomic E-state index is 0.101. The van der Waals surface area contributed by atoms with Crippen LogP contribution in [0.25, 0.3) is 0 Å². The first-order valence-corrected chi connectivity index (χ1v) is 9.95. The number of halogens is 3. The molecule has 2 aromatic rings. The minimum atomic E-state index is -1.09. The fourth-order valence-corrected chi connectivity index (χ4v) is 3.85. The largest absolute Gasteiger partial charge is 0.380 e. The molecule has 2 saturated heterocycles. The van der Waals surface area contributed by atoms with Crippen molar-refractivity contribution < 1.29 is 23.1 Å². The fourth-order valence-electron chi connectivity index (χ4n) is 3.70. The maximum atomic E-state index is 14.4. The number of hydrogen-bond acceptors (Lipinski definition) is 4. The summed E-state index contributed by atoms with van der Waals surface area (Å²) in [5.41, 5.74) is 1.31. The molecule has 2 aliphatic rings. The number of carbonyl (C=O) groups excluding carboxylic acids is 2. The normalized spacial score (nSPS) is 21.0. The molecule has 0 aliphatic carbocycles. The zero-order chi connectivity index (χ0) is 21.4. The summed E-state index contributed by atoms with van der Waals surface area (Å²) in [6.45, 7) is 1.99. The van der Waals surface area contributed by atoms with E-state index in [4.69, 9.17) is 16.3 Å². The van der Waals surface area contributed by atoms with Gasteiger partial charge in [-0.3, -0.25) is 14.5 Å². The van der Waals surface area contributed by atoms with E-state index in [1.807, 2.05) is 0 Å². The van der Waals surface area contributed by atoms with E-state index in [1.54, 1.807) is 24.3 Å². The predicted octanol–water partition coefficient (Wildman–Crippen LogP) is 3.30. The van der Waals surface area contributed by atoms with Gasteiger partial charge in [0.05, 0.1) is 18.2 Å². The molecule has 2 fully saturated rings. The Kier molecular flexibility index (Phi) is 5.71. The number of alkyl halides is 1. The average Bonchev–Trinajstić information content (AvgIpc) is 2.66. The highest BCUT2D eigenvalue weighted by Crippen LogP contribution is 2.30. The van der Waals surface area contributed by atoms with Gasteiger partial charge in [-0.25, -0.2) is 13.8 Å². The Morgan fingerprint density at radius 2 is 1.97 bits per heavy atom. The number of nitrogens with zero attached hydrogens (tertiary/aromatic N) is 3. The Morgan fingerprint density at radius 3 is 2.53 bits per heavy atom. The molecular formula is C21H20ClF2N3O3. The van der Waals surface area contributed by atoms with Crippen molar-refractivity contribution in [2.75, 3.05) is 24.7 Å². The second-order valence-electron chi connectivity index (χ2n) is 7.50. The molecular weight excluding hydrogens is 416 g/mol. The van der Waals surface area contributed by atoms with Gasteiger partial charge in [-0.05, 0) is 24.1 Å². The lowest BCUT2D eigenvalue weighted by Gasteiger charge is -2.45. The molecule has 2 aliphatic heterocycles. The van der Waals surface area contributed by atoms with E-state index in [9.17, 15) is 18.4 Å². The third-order valence-corrected chi connectivity index (χ3v) is 5.62. The van der Waals surface area contributed by atoms with E-state index >= 15 is 0 Å². The minimum Gasteiger partial charge on any atom is -0.380 e. The number of piperazine rings is 1. The third kappa shape index (κ3) is 3.89. The standard InChI is InChI=1S/C21H20ClF2N3O3/c1-12(23)14-4-2-13(3-5-14)8-26-18(28)9-27(20-17(24)6-16(22)7-25-20)21(29)19(26)15-10-30-11-15/h2-7,12,15,19H,8-11H2,1H3/t12?,19-/m0/s1. The molecule has 9 heteroatoms. The highest BCUT2D eigenvalue weighted by molar-refractivity contribution is 6.30. The lowest BCUT2D eigenvalue weighted by molar-refractivity contribution is -0.155. The van der Waals surface area contributed by atoms with Crippen molar-refractivity contribution in [3.63, 3.8) is 0 Å². The fraction of sp³-hybridized carbons (Fsp3) is 0.381. The molecule has 4 rings (SSSR count). The van der Waals surface area contributed by atoms with Crippen molar-refractivity contribution in [2.45, 2.75) is 25.7 Å². The molecule has 1 aromatic heterocycles. The van der Waals surface area contributed by atoms with E-state index in [0.29, 0.717) is 18.8 Å². The van der Waals surface area contributed by atoms with Gasteiger partial charge in [0.1, 0.15) is 18.8 Å². The summed E-state index contributed by atoms with van der Waals surface area (Å²) < 4.78 is 33.1. The number of aromatic nitrogens is 1. The quantitative estimate of drug-likeness (QED) is 0.723. The van der Waals surface area contributed by atoms with Gasteiger partial charge in [0, 0.05) is 18.7 Å². The van der Waals surface area contributed by atoms with Gasteiger partial charge in [-0.1, -0.05) is 35.9 Å². The second-order valence-corrected chi connectivity index (χ2v) is 7.94. The SMILES string of the molecule is CC(F)c1ccc(CN2C(=O)CN(c3ncc(Cl)cc3F)C(=O)[C@@H]2C2COC2)cc1. The first-order valence-electron chi connectivity index (χ1n) is 9.57. The van der Waals surface area contributed by atoms with Gasteiger partial charge < -0.3 is 9.64 Å². The van der Waals surface area contributed by atoms with E-state index < -0.39 is 23.9 Å².